The molecule has 4 nitrogen and oxygen atoms in total. The van der Waals surface area contributed by atoms with Gasteiger partial charge in [0.2, 0.25) is 0 Å². The van der Waals surface area contributed by atoms with E-state index in [1.54, 1.807) is 0 Å². The van der Waals surface area contributed by atoms with Crippen molar-refractivity contribution in [2.45, 2.75) is 0 Å². The fourth-order valence-electron chi connectivity index (χ4n) is 0. The van der Waals surface area contributed by atoms with Crippen molar-refractivity contribution in [1.82, 2.24) is 0 Å². The van der Waals surface area contributed by atoms with Gasteiger partial charge < -0.3 is 14.7 Å². The Morgan fingerprint density at radius 1 is 1.14 bits per heavy atom. The molecule has 0 aromatic carbocycles. The number of hydrogen-bond donors (Lipinski definition) is 3. The first kappa shape index (κ1) is 15.9. The minimum absolute atomic E-state index is 0. The van der Waals surface area contributed by atoms with Crippen LogP contribution in [0.1, 0.15) is 0 Å². The number of hydrogen-bond acceptors (Lipinski definition) is 1. The Morgan fingerprint density at radius 3 is 1.14 bits per heavy atom. The SMILES string of the molecule is O=P(O)(O)O.[BH4-].[K+]. The standard InChI is InChI=1S/BH4.K.H3O4P/c;;1-5(2,3)4/h1H4;;(H3,1,2,3,4)/q-1;+1;. The van der Waals surface area contributed by atoms with E-state index < -0.39 is 7.82 Å². The maximum Gasteiger partial charge on any atom is 1.00 e. The Labute approximate surface area is 85.6 Å². The van der Waals surface area contributed by atoms with Gasteiger partial charge in [0.15, 0.2) is 0 Å². The summed E-state index contributed by atoms with van der Waals surface area (Å²) in [6, 6.07) is 0. The van der Waals surface area contributed by atoms with E-state index in [2.05, 4.69) is 0 Å². The van der Waals surface area contributed by atoms with Crippen LogP contribution in [0, 0.1) is 0 Å². The summed E-state index contributed by atoms with van der Waals surface area (Å²) < 4.78 is 8.88. The molecule has 0 spiro atoms. The van der Waals surface area contributed by atoms with Gasteiger partial charge >= 0.3 is 59.2 Å². The fraction of sp³-hybridized carbons (Fsp3) is 0. The van der Waals surface area contributed by atoms with E-state index in [1.165, 1.54) is 0 Å². The molecule has 0 fully saturated rings. The minimum atomic E-state index is -4.64. The van der Waals surface area contributed by atoms with Crippen LogP contribution in [-0.2, 0) is 4.57 Å². The molecule has 7 heteroatoms. The van der Waals surface area contributed by atoms with Crippen LogP contribution in [-0.4, -0.2) is 23.1 Å². The molecule has 3 N–H and O–H groups in total. The molecular formula is H7BKO4P. The molecule has 0 saturated heterocycles. The Hall–Kier alpha value is 1.81. The third kappa shape index (κ3) is 80.4. The summed E-state index contributed by atoms with van der Waals surface area (Å²) in [6.45, 7) is 0. The first-order valence-electron chi connectivity index (χ1n) is 0.783. The maximum absolute atomic E-state index is 8.88. The van der Waals surface area contributed by atoms with Crippen molar-refractivity contribution in [2.24, 2.45) is 0 Å². The van der Waals surface area contributed by atoms with Gasteiger partial charge in [0.25, 0.3) is 0 Å². The largest absolute Gasteiger partial charge is 1.00 e. The van der Waals surface area contributed by atoms with Gasteiger partial charge in [0.05, 0.1) is 0 Å². The molecule has 0 bridgehead atoms. The molecule has 0 radical (unpaired) electrons. The predicted octanol–water partition coefficient (Wildman–Crippen LogP) is -5.38. The van der Waals surface area contributed by atoms with E-state index in [0.717, 1.165) is 0 Å². The monoisotopic (exact) mass is 152 g/mol. The summed E-state index contributed by atoms with van der Waals surface area (Å²) in [5, 5.41) is 0. The van der Waals surface area contributed by atoms with Crippen molar-refractivity contribution in [2.75, 3.05) is 0 Å². The third-order valence-electron chi connectivity index (χ3n) is 0. The molecule has 0 aliphatic heterocycles. The van der Waals surface area contributed by atoms with Crippen molar-refractivity contribution < 1.29 is 70.6 Å². The summed E-state index contributed by atoms with van der Waals surface area (Å²) >= 11 is 0. The van der Waals surface area contributed by atoms with Crippen LogP contribution in [0.5, 0.6) is 0 Å². The average molecular weight is 152 g/mol. The first-order valence-corrected chi connectivity index (χ1v) is 2.35. The molecular weight excluding hydrogens is 145 g/mol. The van der Waals surface area contributed by atoms with E-state index in [-0.39, 0.29) is 59.8 Å². The second-order valence-corrected chi connectivity index (χ2v) is 1.54. The molecule has 40 valence electrons. The molecule has 0 aromatic heterocycles. The zero-order chi connectivity index (χ0) is 4.50. The number of rotatable bonds is 0. The number of phosphoric acid groups is 1. The second kappa shape index (κ2) is 5.94. The van der Waals surface area contributed by atoms with Gasteiger partial charge in [-0.3, -0.25) is 0 Å². The summed E-state index contributed by atoms with van der Waals surface area (Å²) in [6.07, 6.45) is 0. The fourth-order valence-corrected chi connectivity index (χ4v) is 0. The molecule has 0 unspecified atom stereocenters. The van der Waals surface area contributed by atoms with E-state index >= 15 is 0 Å². The summed E-state index contributed by atoms with van der Waals surface area (Å²) in [5.41, 5.74) is 0. The van der Waals surface area contributed by atoms with E-state index in [9.17, 15) is 0 Å². The van der Waals surface area contributed by atoms with Crippen molar-refractivity contribution in [1.29, 1.82) is 0 Å². The summed E-state index contributed by atoms with van der Waals surface area (Å²) in [4.78, 5) is 21.6. The summed E-state index contributed by atoms with van der Waals surface area (Å²) in [7, 11) is -4.64. The quantitative estimate of drug-likeness (QED) is 0.239. The van der Waals surface area contributed by atoms with Crippen molar-refractivity contribution >= 4 is 16.2 Å². The Kier molecular flexibility index (Phi) is 13.5. The second-order valence-electron chi connectivity index (χ2n) is 0.513. The zero-order valence-corrected chi connectivity index (χ0v) is 7.21. The maximum atomic E-state index is 8.88. The third-order valence-corrected chi connectivity index (χ3v) is 0. The van der Waals surface area contributed by atoms with E-state index in [4.69, 9.17) is 19.2 Å². The van der Waals surface area contributed by atoms with Crippen LogP contribution in [0.3, 0.4) is 0 Å². The Morgan fingerprint density at radius 2 is 1.14 bits per heavy atom. The smallest absolute Gasteiger partial charge is 0.303 e. The van der Waals surface area contributed by atoms with Crippen LogP contribution in [0.15, 0.2) is 0 Å². The zero-order valence-electron chi connectivity index (χ0n) is 3.20. The van der Waals surface area contributed by atoms with Crippen LogP contribution in [0.4, 0.5) is 0 Å². The van der Waals surface area contributed by atoms with Crippen LogP contribution in [0.2, 0.25) is 0 Å². The molecule has 0 atom stereocenters. The molecule has 7 heavy (non-hydrogen) atoms. The van der Waals surface area contributed by atoms with Gasteiger partial charge in [-0.25, -0.2) is 4.57 Å². The topological polar surface area (TPSA) is 77.8 Å². The van der Waals surface area contributed by atoms with E-state index in [0.29, 0.717) is 0 Å². The normalized spacial score (nSPS) is 8.43. The van der Waals surface area contributed by atoms with Crippen molar-refractivity contribution in [3.05, 3.63) is 0 Å². The van der Waals surface area contributed by atoms with Crippen LogP contribution >= 0.6 is 7.82 Å². The molecule has 0 heterocycles. The minimum Gasteiger partial charge on any atom is -0.303 e. The molecule has 0 amide bonds. The van der Waals surface area contributed by atoms with Gasteiger partial charge in [-0.2, -0.15) is 0 Å². The van der Waals surface area contributed by atoms with Crippen molar-refractivity contribution in [3.8, 4) is 0 Å². The molecule has 0 aliphatic rings. The molecule has 0 rings (SSSR count). The Balaban J connectivity index is -0.0000000800. The molecule has 0 saturated carbocycles. The molecule has 0 aromatic rings. The van der Waals surface area contributed by atoms with Gasteiger partial charge in [-0.05, 0) is 0 Å². The first-order chi connectivity index (χ1) is 2.00. The van der Waals surface area contributed by atoms with Gasteiger partial charge in [-0.1, -0.05) is 8.41 Å². The van der Waals surface area contributed by atoms with Gasteiger partial charge in [0.1, 0.15) is 0 Å². The van der Waals surface area contributed by atoms with Crippen LogP contribution < -0.4 is 51.4 Å². The average Bonchev–Trinajstić information content (AvgIpc) is 0.722. The van der Waals surface area contributed by atoms with Crippen LogP contribution in [0.25, 0.3) is 0 Å². The predicted molar refractivity (Wildman–Crippen MR) is 25.6 cm³/mol. The Bertz CT molecular complexity index is 57.8. The summed E-state index contributed by atoms with van der Waals surface area (Å²) in [5.74, 6) is 0. The van der Waals surface area contributed by atoms with Crippen molar-refractivity contribution in [3.63, 3.8) is 0 Å². The van der Waals surface area contributed by atoms with Gasteiger partial charge in [0, 0.05) is 0 Å². The van der Waals surface area contributed by atoms with E-state index in [1.807, 2.05) is 0 Å². The molecule has 0 aliphatic carbocycles. The van der Waals surface area contributed by atoms with Gasteiger partial charge in [-0.15, -0.1) is 0 Å².